The molecule has 1 heterocycles. The third-order valence-electron chi connectivity index (χ3n) is 5.95. The minimum Gasteiger partial charge on any atom is -0.345 e. The van der Waals surface area contributed by atoms with Gasteiger partial charge in [-0.25, -0.2) is 0 Å². The second-order valence-electron chi connectivity index (χ2n) is 7.96. The van der Waals surface area contributed by atoms with Crippen LogP contribution in [0.15, 0.2) is 24.6 Å². The Labute approximate surface area is 163 Å². The highest BCUT2D eigenvalue weighted by molar-refractivity contribution is 4.84. The van der Waals surface area contributed by atoms with Crippen LogP contribution in [0, 0.1) is 0 Å². The van der Waals surface area contributed by atoms with E-state index >= 15 is 0 Å². The van der Waals surface area contributed by atoms with Crippen molar-refractivity contribution in [3.05, 3.63) is 24.6 Å². The van der Waals surface area contributed by atoms with Gasteiger partial charge in [-0.15, -0.1) is 0 Å². The molecule has 0 aromatic carbocycles. The number of hydrogen-bond acceptors (Lipinski definition) is 2. The number of hydrogen-bond donors (Lipinski definition) is 2. The minimum atomic E-state index is -0.336. The van der Waals surface area contributed by atoms with Gasteiger partial charge in [-0.1, -0.05) is 64.0 Å². The highest BCUT2D eigenvalue weighted by Gasteiger charge is 2.40. The number of rotatable bonds is 16. The molecule has 26 heavy (non-hydrogen) atoms. The Morgan fingerprint density at radius 2 is 1.50 bits per heavy atom. The molecule has 0 aromatic rings. The van der Waals surface area contributed by atoms with E-state index in [4.69, 9.17) is 0 Å². The first-order valence-electron chi connectivity index (χ1n) is 11.3. The van der Waals surface area contributed by atoms with E-state index < -0.39 is 0 Å². The smallest absolute Gasteiger partial charge is 0.193 e. The number of quaternary nitrogens is 1. The Balaban J connectivity index is 1.95. The fourth-order valence-corrected chi connectivity index (χ4v) is 4.07. The van der Waals surface area contributed by atoms with Crippen LogP contribution in [0.5, 0.6) is 0 Å². The van der Waals surface area contributed by atoms with Crippen molar-refractivity contribution in [1.29, 1.82) is 0 Å². The molecule has 3 atom stereocenters. The highest BCUT2D eigenvalue weighted by Crippen LogP contribution is 2.25. The molecule has 0 saturated heterocycles. The highest BCUT2D eigenvalue weighted by atomic mass is 16.3. The summed E-state index contributed by atoms with van der Waals surface area (Å²) in [6.45, 7) is 7.28. The lowest BCUT2D eigenvalue weighted by Crippen LogP contribution is -2.57. The van der Waals surface area contributed by atoms with Gasteiger partial charge in [0.05, 0.1) is 12.7 Å². The van der Waals surface area contributed by atoms with E-state index in [0.717, 1.165) is 13.0 Å². The Kier molecular flexibility index (Phi) is 12.8. The molecule has 3 heteroatoms. The molecule has 152 valence electrons. The van der Waals surface area contributed by atoms with E-state index in [1.165, 1.54) is 77.0 Å². The summed E-state index contributed by atoms with van der Waals surface area (Å²) in [5, 5.41) is 13.6. The average Bonchev–Trinajstić information content (AvgIpc) is 3.06. The molecule has 0 radical (unpaired) electrons. The van der Waals surface area contributed by atoms with Crippen LogP contribution in [0.2, 0.25) is 0 Å². The minimum absolute atomic E-state index is 0.336. The van der Waals surface area contributed by atoms with Crippen LogP contribution in [-0.2, 0) is 0 Å². The zero-order chi connectivity index (χ0) is 19.1. The molecule has 0 amide bonds. The van der Waals surface area contributed by atoms with Gasteiger partial charge >= 0.3 is 0 Å². The summed E-state index contributed by atoms with van der Waals surface area (Å²) in [4.78, 5) is 0. The maximum atomic E-state index is 10.2. The Bertz CT molecular complexity index is 392. The number of allylic oxidation sites excluding steroid dienone is 2. The molecule has 3 nitrogen and oxygen atoms in total. The number of unbranched alkanes of at least 4 members (excludes halogenated alkanes) is 10. The van der Waals surface area contributed by atoms with E-state index in [0.29, 0.717) is 10.6 Å². The van der Waals surface area contributed by atoms with Crippen molar-refractivity contribution in [3.8, 4) is 0 Å². The van der Waals surface area contributed by atoms with E-state index in [-0.39, 0.29) is 6.23 Å². The van der Waals surface area contributed by atoms with E-state index in [1.807, 2.05) is 13.1 Å². The normalized spacial score (nSPS) is 23.6. The van der Waals surface area contributed by atoms with Gasteiger partial charge in [0.25, 0.3) is 0 Å². The summed E-state index contributed by atoms with van der Waals surface area (Å²) in [5.41, 5.74) is 0. The van der Waals surface area contributed by atoms with E-state index in [1.54, 1.807) is 0 Å². The van der Waals surface area contributed by atoms with E-state index in [9.17, 15) is 5.11 Å². The Morgan fingerprint density at radius 3 is 2.08 bits per heavy atom. The monoisotopic (exact) mass is 365 g/mol. The van der Waals surface area contributed by atoms with Crippen molar-refractivity contribution >= 4 is 0 Å². The second-order valence-corrected chi connectivity index (χ2v) is 7.96. The molecule has 0 spiro atoms. The molecular weight excluding hydrogens is 320 g/mol. The van der Waals surface area contributed by atoms with Crippen LogP contribution in [0.1, 0.15) is 104 Å². The molecule has 0 aliphatic carbocycles. The molecular formula is C23H45N2O+. The van der Waals surface area contributed by atoms with Crippen molar-refractivity contribution in [1.82, 2.24) is 5.32 Å². The van der Waals surface area contributed by atoms with Gasteiger partial charge in [-0.3, -0.25) is 4.48 Å². The third kappa shape index (κ3) is 8.26. The van der Waals surface area contributed by atoms with Crippen LogP contribution >= 0.6 is 0 Å². The first-order valence-corrected chi connectivity index (χ1v) is 11.3. The van der Waals surface area contributed by atoms with Crippen molar-refractivity contribution in [2.24, 2.45) is 0 Å². The number of nitrogens with zero attached hydrogens (tertiary/aromatic N) is 1. The third-order valence-corrected chi connectivity index (χ3v) is 5.95. The van der Waals surface area contributed by atoms with Gasteiger partial charge in [-0.2, -0.15) is 0 Å². The lowest BCUT2D eigenvalue weighted by Gasteiger charge is -2.39. The zero-order valence-corrected chi connectivity index (χ0v) is 17.8. The SMILES string of the molecule is CCCCC/C=C/CCCCCCCCCC1NC=C[N+]1(CC)C(C)O. The summed E-state index contributed by atoms with van der Waals surface area (Å²) >= 11 is 0. The van der Waals surface area contributed by atoms with Crippen LogP contribution in [-0.4, -0.2) is 28.5 Å². The summed E-state index contributed by atoms with van der Waals surface area (Å²) in [6, 6.07) is 0. The fraction of sp³-hybridized carbons (Fsp3) is 0.826. The van der Waals surface area contributed by atoms with Crippen molar-refractivity contribution < 1.29 is 9.59 Å². The van der Waals surface area contributed by atoms with Gasteiger partial charge in [0.15, 0.2) is 12.4 Å². The van der Waals surface area contributed by atoms with Crippen LogP contribution in [0.3, 0.4) is 0 Å². The van der Waals surface area contributed by atoms with Crippen LogP contribution in [0.4, 0.5) is 0 Å². The van der Waals surface area contributed by atoms with Crippen LogP contribution < -0.4 is 5.32 Å². The predicted octanol–water partition coefficient (Wildman–Crippen LogP) is 6.21. The number of aliphatic hydroxyl groups is 1. The first kappa shape index (κ1) is 23.2. The fourth-order valence-electron chi connectivity index (χ4n) is 4.07. The average molecular weight is 366 g/mol. The van der Waals surface area contributed by atoms with Gasteiger partial charge in [0.1, 0.15) is 6.20 Å². The quantitative estimate of drug-likeness (QED) is 0.194. The van der Waals surface area contributed by atoms with Gasteiger partial charge < -0.3 is 10.4 Å². The largest absolute Gasteiger partial charge is 0.345 e. The molecule has 3 unspecified atom stereocenters. The Hall–Kier alpha value is -0.800. The standard InChI is InChI=1S/C23H45N2O/c1-4-6-7-8-9-10-11-12-13-14-15-16-17-18-19-23-24-20-21-25(23,5-2)22(3)26/h9-10,20-24,26H,4-8,11-19H2,1-3H3/q+1/b10-9+. The zero-order valence-electron chi connectivity index (χ0n) is 17.8. The molecule has 1 aliphatic rings. The summed E-state index contributed by atoms with van der Waals surface area (Å²) in [7, 11) is 0. The summed E-state index contributed by atoms with van der Waals surface area (Å²) < 4.78 is 0.673. The van der Waals surface area contributed by atoms with Gasteiger partial charge in [0.2, 0.25) is 0 Å². The molecule has 1 rings (SSSR count). The Morgan fingerprint density at radius 1 is 0.923 bits per heavy atom. The van der Waals surface area contributed by atoms with Crippen molar-refractivity contribution in [3.63, 3.8) is 0 Å². The molecule has 0 fully saturated rings. The van der Waals surface area contributed by atoms with E-state index in [2.05, 4.69) is 37.5 Å². The maximum absolute atomic E-state index is 10.2. The topological polar surface area (TPSA) is 32.3 Å². The number of aliphatic hydroxyl groups excluding tert-OH is 1. The molecule has 0 bridgehead atoms. The first-order chi connectivity index (χ1) is 12.7. The molecule has 0 saturated carbocycles. The van der Waals surface area contributed by atoms with Crippen molar-refractivity contribution in [2.45, 2.75) is 117 Å². The summed E-state index contributed by atoms with van der Waals surface area (Å²) in [6.07, 6.45) is 26.1. The second kappa shape index (κ2) is 14.3. The van der Waals surface area contributed by atoms with Crippen LogP contribution in [0.25, 0.3) is 0 Å². The summed E-state index contributed by atoms with van der Waals surface area (Å²) in [5.74, 6) is 0. The molecule has 2 N–H and O–H groups in total. The number of nitrogens with one attached hydrogen (secondary N) is 1. The lowest BCUT2D eigenvalue weighted by molar-refractivity contribution is -0.942. The van der Waals surface area contributed by atoms with Gasteiger partial charge in [-0.05, 0) is 39.0 Å². The van der Waals surface area contributed by atoms with Gasteiger partial charge in [0, 0.05) is 13.3 Å². The van der Waals surface area contributed by atoms with Crippen molar-refractivity contribution in [2.75, 3.05) is 6.54 Å². The maximum Gasteiger partial charge on any atom is 0.193 e. The lowest BCUT2D eigenvalue weighted by atomic mass is 10.1. The predicted molar refractivity (Wildman–Crippen MR) is 113 cm³/mol. The molecule has 1 aliphatic heterocycles. The molecule has 0 aromatic heterocycles.